The number of benzene rings is 3. The standard InChI is InChI=1S/C26H29N3O2/c1-18(2)20-11-9-19(10-12-20)16-28(4)17-29-24(30)26(3,27-25(29)31)23-14-13-21-7-5-6-8-22(21)15-23/h5-15,18H,16-17H2,1-4H3,(H,27,31)/p+1/t26-/m1/s1. The summed E-state index contributed by atoms with van der Waals surface area (Å²) in [5, 5.41) is 5.08. The van der Waals surface area contributed by atoms with E-state index < -0.39 is 5.54 Å². The number of rotatable bonds is 6. The van der Waals surface area contributed by atoms with Gasteiger partial charge in [-0.2, -0.15) is 0 Å². The van der Waals surface area contributed by atoms with Crippen molar-refractivity contribution in [1.29, 1.82) is 0 Å². The molecular weight excluding hydrogens is 386 g/mol. The van der Waals surface area contributed by atoms with E-state index in [4.69, 9.17) is 0 Å². The third kappa shape index (κ3) is 4.06. The van der Waals surface area contributed by atoms with Gasteiger partial charge in [0.2, 0.25) is 0 Å². The molecule has 1 aliphatic rings. The van der Waals surface area contributed by atoms with Gasteiger partial charge < -0.3 is 10.2 Å². The molecule has 2 atom stereocenters. The average molecular weight is 417 g/mol. The van der Waals surface area contributed by atoms with Gasteiger partial charge in [0.25, 0.3) is 5.91 Å². The highest BCUT2D eigenvalue weighted by Gasteiger charge is 2.50. The molecule has 0 bridgehead atoms. The molecule has 3 amide bonds. The monoisotopic (exact) mass is 416 g/mol. The summed E-state index contributed by atoms with van der Waals surface area (Å²) in [4.78, 5) is 28.4. The van der Waals surface area contributed by atoms with Crippen LogP contribution in [0.1, 0.15) is 43.4 Å². The van der Waals surface area contributed by atoms with Gasteiger partial charge in [-0.05, 0) is 40.8 Å². The van der Waals surface area contributed by atoms with Crippen molar-refractivity contribution in [2.75, 3.05) is 13.7 Å². The van der Waals surface area contributed by atoms with Crippen LogP contribution in [0.15, 0.2) is 66.7 Å². The fraction of sp³-hybridized carbons (Fsp3) is 0.308. The van der Waals surface area contributed by atoms with Crippen molar-refractivity contribution in [3.05, 3.63) is 83.4 Å². The Labute approximate surface area is 183 Å². The quantitative estimate of drug-likeness (QED) is 0.605. The molecule has 3 aromatic rings. The molecule has 0 aromatic heterocycles. The normalized spacial score (nSPS) is 19.8. The van der Waals surface area contributed by atoms with E-state index in [1.54, 1.807) is 6.92 Å². The van der Waals surface area contributed by atoms with Gasteiger partial charge >= 0.3 is 6.03 Å². The lowest BCUT2D eigenvalue weighted by Gasteiger charge is -2.24. The van der Waals surface area contributed by atoms with E-state index in [0.29, 0.717) is 12.6 Å². The first-order valence-electron chi connectivity index (χ1n) is 10.8. The van der Waals surface area contributed by atoms with Crippen LogP contribution in [-0.4, -0.2) is 30.6 Å². The first-order chi connectivity index (χ1) is 14.8. The number of carbonyl (C=O) groups excluding carboxylic acids is 2. The minimum atomic E-state index is -1.06. The van der Waals surface area contributed by atoms with Crippen molar-refractivity contribution in [3.63, 3.8) is 0 Å². The maximum atomic E-state index is 13.3. The minimum Gasteiger partial charge on any atom is -0.319 e. The molecule has 1 saturated heterocycles. The predicted octanol–water partition coefficient (Wildman–Crippen LogP) is 3.40. The van der Waals surface area contributed by atoms with Crippen LogP contribution in [0.4, 0.5) is 4.79 Å². The molecule has 5 nitrogen and oxygen atoms in total. The van der Waals surface area contributed by atoms with Crippen LogP contribution in [0.5, 0.6) is 0 Å². The molecule has 4 rings (SSSR count). The summed E-state index contributed by atoms with van der Waals surface area (Å²) < 4.78 is 0. The summed E-state index contributed by atoms with van der Waals surface area (Å²) >= 11 is 0. The van der Waals surface area contributed by atoms with Gasteiger partial charge in [0.05, 0.1) is 7.05 Å². The van der Waals surface area contributed by atoms with E-state index >= 15 is 0 Å². The molecule has 1 aliphatic heterocycles. The van der Waals surface area contributed by atoms with Crippen molar-refractivity contribution in [2.45, 2.75) is 38.8 Å². The Balaban J connectivity index is 1.49. The Hall–Kier alpha value is -3.18. The highest BCUT2D eigenvalue weighted by Crippen LogP contribution is 2.30. The molecule has 1 fully saturated rings. The number of amides is 3. The predicted molar refractivity (Wildman–Crippen MR) is 123 cm³/mol. The molecule has 0 radical (unpaired) electrons. The lowest BCUT2D eigenvalue weighted by atomic mass is 9.90. The number of urea groups is 1. The van der Waals surface area contributed by atoms with E-state index in [9.17, 15) is 9.59 Å². The summed E-state index contributed by atoms with van der Waals surface area (Å²) in [6.45, 7) is 7.20. The fourth-order valence-electron chi connectivity index (χ4n) is 4.23. The van der Waals surface area contributed by atoms with Gasteiger partial charge in [0.1, 0.15) is 12.1 Å². The summed E-state index contributed by atoms with van der Waals surface area (Å²) in [5.74, 6) is 0.292. The van der Waals surface area contributed by atoms with E-state index in [2.05, 4.69) is 43.4 Å². The van der Waals surface area contributed by atoms with Gasteiger partial charge in [-0.15, -0.1) is 0 Å². The molecule has 160 valence electrons. The number of hydrogen-bond acceptors (Lipinski definition) is 2. The molecule has 31 heavy (non-hydrogen) atoms. The van der Waals surface area contributed by atoms with Crippen molar-refractivity contribution in [2.24, 2.45) is 0 Å². The van der Waals surface area contributed by atoms with Gasteiger partial charge in [-0.3, -0.25) is 4.79 Å². The third-order valence-electron chi connectivity index (χ3n) is 6.18. The SMILES string of the molecule is CC(C)c1ccc(C[NH+](C)CN2C(=O)N[C@](C)(c3ccc4ccccc4c3)C2=O)cc1. The summed E-state index contributed by atoms with van der Waals surface area (Å²) in [6.07, 6.45) is 0. The number of imide groups is 1. The van der Waals surface area contributed by atoms with Gasteiger partial charge in [0.15, 0.2) is 6.67 Å². The Morgan fingerprint density at radius 2 is 1.65 bits per heavy atom. The third-order valence-corrected chi connectivity index (χ3v) is 6.18. The Kier molecular flexibility index (Phi) is 5.54. The van der Waals surface area contributed by atoms with Crippen LogP contribution in [0, 0.1) is 0 Å². The van der Waals surface area contributed by atoms with Crippen LogP contribution < -0.4 is 10.2 Å². The van der Waals surface area contributed by atoms with Crippen molar-refractivity contribution in [1.82, 2.24) is 10.2 Å². The second kappa shape index (κ2) is 8.16. The largest absolute Gasteiger partial charge is 0.329 e. The topological polar surface area (TPSA) is 53.9 Å². The first kappa shape index (κ1) is 21.1. The van der Waals surface area contributed by atoms with Crippen molar-refractivity contribution >= 4 is 22.7 Å². The van der Waals surface area contributed by atoms with Crippen molar-refractivity contribution < 1.29 is 14.5 Å². The number of quaternary nitrogens is 1. The molecule has 5 heteroatoms. The first-order valence-corrected chi connectivity index (χ1v) is 10.8. The van der Waals surface area contributed by atoms with Crippen LogP contribution in [0.3, 0.4) is 0 Å². The van der Waals surface area contributed by atoms with Crippen LogP contribution in [0.2, 0.25) is 0 Å². The molecular formula is C26H30N3O2+. The fourth-order valence-corrected chi connectivity index (χ4v) is 4.23. The lowest BCUT2D eigenvalue weighted by molar-refractivity contribution is -0.901. The Bertz CT molecular complexity index is 1120. The molecule has 1 heterocycles. The smallest absolute Gasteiger partial charge is 0.319 e. The molecule has 0 aliphatic carbocycles. The zero-order valence-electron chi connectivity index (χ0n) is 18.6. The molecule has 2 N–H and O–H groups in total. The minimum absolute atomic E-state index is 0.206. The lowest BCUT2D eigenvalue weighted by Crippen LogP contribution is -3.09. The van der Waals surface area contributed by atoms with Crippen LogP contribution in [0.25, 0.3) is 10.8 Å². The van der Waals surface area contributed by atoms with E-state index in [1.807, 2.05) is 49.5 Å². The number of nitrogens with zero attached hydrogens (tertiary/aromatic N) is 1. The summed E-state index contributed by atoms with van der Waals surface area (Å²) in [6, 6.07) is 22.2. The Morgan fingerprint density at radius 1 is 0.968 bits per heavy atom. The maximum Gasteiger partial charge on any atom is 0.329 e. The molecule has 0 saturated carbocycles. The molecule has 0 spiro atoms. The van der Waals surface area contributed by atoms with E-state index in [-0.39, 0.29) is 11.9 Å². The maximum absolute atomic E-state index is 13.3. The number of carbonyl (C=O) groups is 2. The van der Waals surface area contributed by atoms with Crippen LogP contribution in [-0.2, 0) is 16.9 Å². The molecule has 3 aromatic carbocycles. The second-order valence-electron chi connectivity index (χ2n) is 9.04. The zero-order valence-corrected chi connectivity index (χ0v) is 18.6. The summed E-state index contributed by atoms with van der Waals surface area (Å²) in [7, 11) is 2.00. The zero-order chi connectivity index (χ0) is 22.2. The van der Waals surface area contributed by atoms with Crippen LogP contribution >= 0.6 is 0 Å². The van der Waals surface area contributed by atoms with Gasteiger partial charge in [0, 0.05) is 5.56 Å². The average Bonchev–Trinajstić information content (AvgIpc) is 2.97. The summed E-state index contributed by atoms with van der Waals surface area (Å²) in [5.41, 5.74) is 2.24. The molecule has 1 unspecified atom stereocenters. The number of fused-ring (bicyclic) bond motifs is 1. The van der Waals surface area contributed by atoms with E-state index in [1.165, 1.54) is 16.0 Å². The highest BCUT2D eigenvalue weighted by molar-refractivity contribution is 6.07. The van der Waals surface area contributed by atoms with Gasteiger partial charge in [-0.25, -0.2) is 9.69 Å². The number of hydrogen-bond donors (Lipinski definition) is 2. The van der Waals surface area contributed by atoms with Gasteiger partial charge in [-0.1, -0.05) is 74.5 Å². The second-order valence-corrected chi connectivity index (χ2v) is 9.04. The Morgan fingerprint density at radius 3 is 2.32 bits per heavy atom. The van der Waals surface area contributed by atoms with E-state index in [0.717, 1.165) is 27.8 Å². The number of nitrogens with one attached hydrogen (secondary N) is 2. The van der Waals surface area contributed by atoms with Crippen molar-refractivity contribution in [3.8, 4) is 0 Å². The highest BCUT2D eigenvalue weighted by atomic mass is 16.2.